The molecular formula is C13H15FO. The second-order valence-electron chi connectivity index (χ2n) is 3.31. The summed E-state index contributed by atoms with van der Waals surface area (Å²) in [4.78, 5) is 0. The fourth-order valence-electron chi connectivity index (χ4n) is 1.24. The van der Waals surface area contributed by atoms with Crippen molar-refractivity contribution >= 4 is 0 Å². The molecule has 1 rings (SSSR count). The highest BCUT2D eigenvalue weighted by Crippen LogP contribution is 2.07. The summed E-state index contributed by atoms with van der Waals surface area (Å²) in [5.41, 5.74) is 2.25. The van der Waals surface area contributed by atoms with Crippen molar-refractivity contribution in [3.8, 4) is 0 Å². The third-order valence-electron chi connectivity index (χ3n) is 2.05. The standard InChI is InChI=1S/C13H15FO/c1-12(11-15-10-9-14)7-8-13-5-3-2-4-6-13/h2-6,9-10H,1,7-8,11H2/b10-9-. The Morgan fingerprint density at radius 1 is 1.33 bits per heavy atom. The summed E-state index contributed by atoms with van der Waals surface area (Å²) in [5.74, 6) is 0. The molecule has 0 heterocycles. The molecule has 1 aromatic rings. The highest BCUT2D eigenvalue weighted by atomic mass is 19.1. The molecular weight excluding hydrogens is 191 g/mol. The maximum atomic E-state index is 11.6. The van der Waals surface area contributed by atoms with Crippen LogP contribution < -0.4 is 0 Å². The summed E-state index contributed by atoms with van der Waals surface area (Å²) >= 11 is 0. The van der Waals surface area contributed by atoms with Gasteiger partial charge < -0.3 is 4.74 Å². The van der Waals surface area contributed by atoms with Crippen molar-refractivity contribution in [1.82, 2.24) is 0 Å². The molecule has 0 spiro atoms. The Kier molecular flexibility index (Phi) is 5.23. The van der Waals surface area contributed by atoms with Crippen molar-refractivity contribution in [2.45, 2.75) is 12.8 Å². The van der Waals surface area contributed by atoms with Gasteiger partial charge >= 0.3 is 0 Å². The zero-order valence-electron chi connectivity index (χ0n) is 8.66. The lowest BCUT2D eigenvalue weighted by atomic mass is 10.1. The molecule has 0 amide bonds. The first-order chi connectivity index (χ1) is 7.33. The quantitative estimate of drug-likeness (QED) is 0.510. The number of aryl methyl sites for hydroxylation is 1. The lowest BCUT2D eigenvalue weighted by Crippen LogP contribution is -1.94. The average molecular weight is 206 g/mol. The van der Waals surface area contributed by atoms with Crippen LogP contribution in [0.25, 0.3) is 0 Å². The van der Waals surface area contributed by atoms with Crippen LogP contribution in [-0.4, -0.2) is 6.61 Å². The average Bonchev–Trinajstić information content (AvgIpc) is 2.28. The van der Waals surface area contributed by atoms with Gasteiger partial charge in [0.2, 0.25) is 0 Å². The van der Waals surface area contributed by atoms with Crippen molar-refractivity contribution in [1.29, 1.82) is 0 Å². The van der Waals surface area contributed by atoms with Crippen molar-refractivity contribution in [3.63, 3.8) is 0 Å². The van der Waals surface area contributed by atoms with E-state index in [0.717, 1.165) is 24.7 Å². The van der Waals surface area contributed by atoms with E-state index in [2.05, 4.69) is 18.7 Å². The van der Waals surface area contributed by atoms with Gasteiger partial charge in [-0.1, -0.05) is 36.9 Å². The van der Waals surface area contributed by atoms with Gasteiger partial charge in [-0.05, 0) is 24.0 Å². The molecule has 0 bridgehead atoms. The number of halogens is 1. The minimum atomic E-state index is 0.379. The van der Waals surface area contributed by atoms with Crippen LogP contribution in [0.2, 0.25) is 0 Å². The molecule has 0 aromatic heterocycles. The van der Waals surface area contributed by atoms with Crippen LogP contribution in [0.4, 0.5) is 4.39 Å². The van der Waals surface area contributed by atoms with Gasteiger partial charge in [0.05, 0.1) is 0 Å². The smallest absolute Gasteiger partial charge is 0.121 e. The Morgan fingerprint density at radius 2 is 2.07 bits per heavy atom. The number of rotatable bonds is 6. The van der Waals surface area contributed by atoms with Crippen molar-refractivity contribution in [2.75, 3.05) is 6.61 Å². The third kappa shape index (κ3) is 5.01. The predicted molar refractivity (Wildman–Crippen MR) is 60.1 cm³/mol. The first-order valence-corrected chi connectivity index (χ1v) is 4.90. The first-order valence-electron chi connectivity index (χ1n) is 4.90. The zero-order valence-corrected chi connectivity index (χ0v) is 8.66. The van der Waals surface area contributed by atoms with Crippen LogP contribution in [-0.2, 0) is 11.2 Å². The van der Waals surface area contributed by atoms with E-state index in [-0.39, 0.29) is 0 Å². The summed E-state index contributed by atoms with van der Waals surface area (Å²) in [6, 6.07) is 10.2. The minimum Gasteiger partial charge on any atom is -0.494 e. The molecule has 0 aliphatic heterocycles. The lowest BCUT2D eigenvalue weighted by Gasteiger charge is -2.05. The molecule has 0 aliphatic rings. The van der Waals surface area contributed by atoms with Gasteiger partial charge in [0.15, 0.2) is 0 Å². The Bertz CT molecular complexity index is 317. The van der Waals surface area contributed by atoms with Crippen LogP contribution in [0.1, 0.15) is 12.0 Å². The van der Waals surface area contributed by atoms with Crippen molar-refractivity contribution < 1.29 is 9.13 Å². The molecule has 80 valence electrons. The molecule has 1 nitrogen and oxygen atoms in total. The van der Waals surface area contributed by atoms with Gasteiger partial charge in [-0.25, -0.2) is 4.39 Å². The summed E-state index contributed by atoms with van der Waals surface area (Å²) < 4.78 is 16.4. The van der Waals surface area contributed by atoms with Crippen LogP contribution in [0, 0.1) is 0 Å². The maximum absolute atomic E-state index is 11.6. The zero-order chi connectivity index (χ0) is 10.9. The Balaban J connectivity index is 2.23. The number of benzene rings is 1. The number of hydrogen-bond acceptors (Lipinski definition) is 1. The van der Waals surface area contributed by atoms with Crippen LogP contribution in [0.5, 0.6) is 0 Å². The Hall–Kier alpha value is -1.57. The molecule has 0 saturated heterocycles. The molecule has 0 fully saturated rings. The number of hydrogen-bond donors (Lipinski definition) is 0. The highest BCUT2D eigenvalue weighted by Gasteiger charge is 1.96. The fourth-order valence-corrected chi connectivity index (χ4v) is 1.24. The molecule has 0 unspecified atom stereocenters. The van der Waals surface area contributed by atoms with Crippen LogP contribution in [0.15, 0.2) is 55.1 Å². The van der Waals surface area contributed by atoms with Gasteiger partial charge in [-0.2, -0.15) is 0 Å². The molecule has 1 aromatic carbocycles. The van der Waals surface area contributed by atoms with Crippen molar-refractivity contribution in [3.05, 3.63) is 60.6 Å². The summed E-state index contributed by atoms with van der Waals surface area (Å²) in [6.45, 7) is 4.24. The van der Waals surface area contributed by atoms with Crippen LogP contribution in [0.3, 0.4) is 0 Å². The molecule has 0 saturated carbocycles. The van der Waals surface area contributed by atoms with Gasteiger partial charge in [0.25, 0.3) is 0 Å². The van der Waals surface area contributed by atoms with E-state index < -0.39 is 0 Å². The first kappa shape index (κ1) is 11.5. The van der Waals surface area contributed by atoms with Gasteiger partial charge in [-0.15, -0.1) is 0 Å². The van der Waals surface area contributed by atoms with E-state index >= 15 is 0 Å². The normalized spacial score (nSPS) is 10.5. The molecule has 0 aliphatic carbocycles. The van der Waals surface area contributed by atoms with E-state index in [0.29, 0.717) is 12.9 Å². The summed E-state index contributed by atoms with van der Waals surface area (Å²) in [5, 5.41) is 0. The third-order valence-corrected chi connectivity index (χ3v) is 2.05. The summed E-state index contributed by atoms with van der Waals surface area (Å²) in [7, 11) is 0. The molecule has 0 atom stereocenters. The molecule has 15 heavy (non-hydrogen) atoms. The highest BCUT2D eigenvalue weighted by molar-refractivity contribution is 5.16. The Morgan fingerprint density at radius 3 is 2.73 bits per heavy atom. The molecule has 0 radical (unpaired) electrons. The van der Waals surface area contributed by atoms with Gasteiger partial charge in [0.1, 0.15) is 19.2 Å². The van der Waals surface area contributed by atoms with E-state index in [4.69, 9.17) is 4.74 Å². The van der Waals surface area contributed by atoms with E-state index in [1.54, 1.807) is 0 Å². The van der Waals surface area contributed by atoms with Crippen LogP contribution >= 0.6 is 0 Å². The van der Waals surface area contributed by atoms with E-state index in [9.17, 15) is 4.39 Å². The lowest BCUT2D eigenvalue weighted by molar-refractivity contribution is 0.271. The Labute approximate surface area is 89.9 Å². The molecule has 0 N–H and O–H groups in total. The monoisotopic (exact) mass is 206 g/mol. The van der Waals surface area contributed by atoms with E-state index in [1.165, 1.54) is 5.56 Å². The van der Waals surface area contributed by atoms with E-state index in [1.807, 2.05) is 18.2 Å². The number of ether oxygens (including phenoxy) is 1. The second-order valence-corrected chi connectivity index (χ2v) is 3.31. The largest absolute Gasteiger partial charge is 0.494 e. The van der Waals surface area contributed by atoms with Gasteiger partial charge in [-0.3, -0.25) is 0 Å². The summed E-state index contributed by atoms with van der Waals surface area (Å²) in [6.07, 6.45) is 3.23. The second kappa shape index (κ2) is 6.82. The minimum absolute atomic E-state index is 0.379. The predicted octanol–water partition coefficient (Wildman–Crippen LogP) is 3.63. The SMILES string of the molecule is C=C(CCc1ccccc1)CO/C=C\F. The van der Waals surface area contributed by atoms with Crippen molar-refractivity contribution in [2.24, 2.45) is 0 Å². The van der Waals surface area contributed by atoms with Gasteiger partial charge in [0, 0.05) is 0 Å². The topological polar surface area (TPSA) is 9.23 Å². The fraction of sp³-hybridized carbons (Fsp3) is 0.231. The molecule has 2 heteroatoms. The maximum Gasteiger partial charge on any atom is 0.121 e.